The normalized spacial score (nSPS) is 10.5. The number of nitrogens with zero attached hydrogens (tertiary/aromatic N) is 4. The van der Waals surface area contributed by atoms with Crippen LogP contribution in [0.1, 0.15) is 21.7 Å². The number of anilines is 1. The molecule has 0 saturated carbocycles. The maximum atomic E-state index is 12.5. The number of para-hydroxylation sites is 1. The lowest BCUT2D eigenvalue weighted by Crippen LogP contribution is -2.15. The number of aryl methyl sites for hydroxylation is 1. The highest BCUT2D eigenvalue weighted by molar-refractivity contribution is 6.04. The summed E-state index contributed by atoms with van der Waals surface area (Å²) in [4.78, 5) is 24.4. The molecule has 3 aromatic rings. The van der Waals surface area contributed by atoms with E-state index in [0.717, 1.165) is 5.69 Å². The van der Waals surface area contributed by atoms with Gasteiger partial charge >= 0.3 is 0 Å². The summed E-state index contributed by atoms with van der Waals surface area (Å²) in [6.07, 6.45) is 0. The van der Waals surface area contributed by atoms with Gasteiger partial charge in [0.05, 0.1) is 27.6 Å². The first-order valence-electron chi connectivity index (χ1n) is 7.52. The Kier molecular flexibility index (Phi) is 4.25. The van der Waals surface area contributed by atoms with Gasteiger partial charge in [0.1, 0.15) is 0 Å². The number of carbonyl (C=O) groups excluding carboxylic acids is 1. The van der Waals surface area contributed by atoms with Gasteiger partial charge in [-0.2, -0.15) is 9.90 Å². The Balaban J connectivity index is 1.89. The largest absolute Gasteiger partial charge is 0.320 e. The molecule has 8 nitrogen and oxygen atoms in total. The summed E-state index contributed by atoms with van der Waals surface area (Å²) in [6, 6.07) is 13.7. The van der Waals surface area contributed by atoms with Crippen molar-refractivity contribution in [1.29, 1.82) is 0 Å². The first kappa shape index (κ1) is 16.3. The topological polar surface area (TPSA) is 103 Å². The van der Waals surface area contributed by atoms with Crippen molar-refractivity contribution in [3.05, 3.63) is 75.6 Å². The summed E-state index contributed by atoms with van der Waals surface area (Å²) in [5.41, 5.74) is 2.06. The quantitative estimate of drug-likeness (QED) is 0.582. The summed E-state index contributed by atoms with van der Waals surface area (Å²) in [6.45, 7) is 3.27. The second-order valence-corrected chi connectivity index (χ2v) is 5.42. The zero-order chi connectivity index (χ0) is 18.0. The first-order chi connectivity index (χ1) is 12.0. The third-order valence-corrected chi connectivity index (χ3v) is 3.73. The first-order valence-corrected chi connectivity index (χ1v) is 7.52. The molecule has 25 heavy (non-hydrogen) atoms. The molecule has 0 unspecified atom stereocenters. The van der Waals surface area contributed by atoms with Gasteiger partial charge in [0.25, 0.3) is 11.6 Å². The molecule has 8 heteroatoms. The number of rotatable bonds is 4. The van der Waals surface area contributed by atoms with E-state index in [2.05, 4.69) is 15.5 Å². The smallest absolute Gasteiger partial charge is 0.278 e. The van der Waals surface area contributed by atoms with Gasteiger partial charge in [0, 0.05) is 6.07 Å². The monoisotopic (exact) mass is 337 g/mol. The van der Waals surface area contributed by atoms with Gasteiger partial charge in [0.2, 0.25) is 0 Å². The van der Waals surface area contributed by atoms with Gasteiger partial charge in [0.15, 0.2) is 5.69 Å². The third-order valence-electron chi connectivity index (χ3n) is 3.73. The van der Waals surface area contributed by atoms with E-state index in [4.69, 9.17) is 0 Å². The van der Waals surface area contributed by atoms with Crippen molar-refractivity contribution in [1.82, 2.24) is 15.0 Å². The highest BCUT2D eigenvalue weighted by atomic mass is 16.6. The summed E-state index contributed by atoms with van der Waals surface area (Å²) >= 11 is 0. The summed E-state index contributed by atoms with van der Waals surface area (Å²) in [7, 11) is 0. The number of carbonyl (C=O) groups is 1. The molecule has 0 spiro atoms. The molecule has 126 valence electrons. The van der Waals surface area contributed by atoms with Gasteiger partial charge in [-0.1, -0.05) is 24.3 Å². The molecule has 2 aromatic carbocycles. The Bertz CT molecular complexity index is 950. The van der Waals surface area contributed by atoms with Crippen molar-refractivity contribution in [2.45, 2.75) is 13.8 Å². The molecule has 0 saturated heterocycles. The van der Waals surface area contributed by atoms with Crippen LogP contribution in [0.3, 0.4) is 0 Å². The minimum absolute atomic E-state index is 0.0533. The standard InChI is InChI=1S/C17H15N5O3/c1-11-14(9-6-10-15(11)22(24)25)18-17(23)16-12(2)19-21(20-16)13-7-4-3-5-8-13/h3-10H,1-2H3,(H,18,23). The minimum atomic E-state index is -0.484. The lowest BCUT2D eigenvalue weighted by molar-refractivity contribution is -0.385. The van der Waals surface area contributed by atoms with Crippen LogP contribution < -0.4 is 5.32 Å². The summed E-state index contributed by atoms with van der Waals surface area (Å²) in [5.74, 6) is -0.469. The van der Waals surface area contributed by atoms with E-state index in [1.807, 2.05) is 30.3 Å². The second-order valence-electron chi connectivity index (χ2n) is 5.42. The van der Waals surface area contributed by atoms with Crippen molar-refractivity contribution in [3.63, 3.8) is 0 Å². The fraction of sp³-hybridized carbons (Fsp3) is 0.118. The Morgan fingerprint density at radius 1 is 1.08 bits per heavy atom. The number of benzene rings is 2. The molecule has 0 aliphatic carbocycles. The number of nitro groups is 1. The predicted molar refractivity (Wildman–Crippen MR) is 91.9 cm³/mol. The molecule has 0 atom stereocenters. The molecule has 3 rings (SSSR count). The number of nitrogens with one attached hydrogen (secondary N) is 1. The van der Waals surface area contributed by atoms with Crippen molar-refractivity contribution >= 4 is 17.3 Å². The number of amides is 1. The Morgan fingerprint density at radius 2 is 1.80 bits per heavy atom. The van der Waals surface area contributed by atoms with Crippen LogP contribution in [0.4, 0.5) is 11.4 Å². The maximum absolute atomic E-state index is 12.5. The van der Waals surface area contributed by atoms with Gasteiger partial charge < -0.3 is 5.32 Å². The average molecular weight is 337 g/mol. The Hall–Kier alpha value is -3.55. The average Bonchev–Trinajstić information content (AvgIpc) is 2.99. The fourth-order valence-corrected chi connectivity index (χ4v) is 2.40. The summed E-state index contributed by atoms with van der Waals surface area (Å²) < 4.78 is 0. The Labute approximate surface area is 143 Å². The maximum Gasteiger partial charge on any atom is 0.278 e. The molecule has 1 heterocycles. The van der Waals surface area contributed by atoms with Gasteiger partial charge in [-0.3, -0.25) is 14.9 Å². The van der Waals surface area contributed by atoms with Gasteiger partial charge in [-0.05, 0) is 32.0 Å². The van der Waals surface area contributed by atoms with Crippen LogP contribution in [0.15, 0.2) is 48.5 Å². The number of hydrogen-bond donors (Lipinski definition) is 1. The lowest BCUT2D eigenvalue weighted by atomic mass is 10.1. The molecule has 0 radical (unpaired) electrons. The SMILES string of the molecule is Cc1nn(-c2ccccc2)nc1C(=O)Nc1cccc([N+](=O)[O-])c1C. The molecule has 0 bridgehead atoms. The molecule has 0 aliphatic heterocycles. The van der Waals surface area contributed by atoms with E-state index >= 15 is 0 Å². The van der Waals surface area contributed by atoms with E-state index in [0.29, 0.717) is 16.9 Å². The van der Waals surface area contributed by atoms with E-state index < -0.39 is 10.8 Å². The third kappa shape index (κ3) is 3.23. The van der Waals surface area contributed by atoms with Gasteiger partial charge in [-0.15, -0.1) is 5.10 Å². The highest BCUT2D eigenvalue weighted by Crippen LogP contribution is 2.25. The molecule has 0 fully saturated rings. The number of nitro benzene ring substituents is 1. The predicted octanol–water partition coefficient (Wildman–Crippen LogP) is 3.04. The van der Waals surface area contributed by atoms with Crippen LogP contribution in [0.5, 0.6) is 0 Å². The molecule has 1 amide bonds. The van der Waals surface area contributed by atoms with E-state index in [1.54, 1.807) is 19.9 Å². The highest BCUT2D eigenvalue weighted by Gasteiger charge is 2.19. The molecule has 1 aromatic heterocycles. The minimum Gasteiger partial charge on any atom is -0.320 e. The van der Waals surface area contributed by atoms with Crippen LogP contribution in [0.25, 0.3) is 5.69 Å². The second kappa shape index (κ2) is 6.52. The zero-order valence-corrected chi connectivity index (χ0v) is 13.6. The van der Waals surface area contributed by atoms with Crippen LogP contribution in [0, 0.1) is 24.0 Å². The van der Waals surface area contributed by atoms with Crippen molar-refractivity contribution in [2.24, 2.45) is 0 Å². The van der Waals surface area contributed by atoms with Crippen LogP contribution in [0.2, 0.25) is 0 Å². The zero-order valence-electron chi connectivity index (χ0n) is 13.6. The van der Waals surface area contributed by atoms with Crippen LogP contribution in [-0.4, -0.2) is 25.8 Å². The molecular formula is C17H15N5O3. The van der Waals surface area contributed by atoms with E-state index in [9.17, 15) is 14.9 Å². The molecular weight excluding hydrogens is 322 g/mol. The summed E-state index contributed by atoms with van der Waals surface area (Å²) in [5, 5.41) is 22.2. The van der Waals surface area contributed by atoms with Crippen LogP contribution >= 0.6 is 0 Å². The molecule has 0 aliphatic rings. The van der Waals surface area contributed by atoms with Crippen molar-refractivity contribution in [2.75, 3.05) is 5.32 Å². The number of aromatic nitrogens is 3. The van der Waals surface area contributed by atoms with E-state index in [-0.39, 0.29) is 11.4 Å². The van der Waals surface area contributed by atoms with E-state index in [1.165, 1.54) is 16.9 Å². The van der Waals surface area contributed by atoms with Crippen molar-refractivity contribution in [3.8, 4) is 5.69 Å². The van der Waals surface area contributed by atoms with Crippen LogP contribution in [-0.2, 0) is 0 Å². The van der Waals surface area contributed by atoms with Crippen molar-refractivity contribution < 1.29 is 9.72 Å². The Morgan fingerprint density at radius 3 is 2.48 bits per heavy atom. The fourth-order valence-electron chi connectivity index (χ4n) is 2.40. The lowest BCUT2D eigenvalue weighted by Gasteiger charge is -2.07. The number of hydrogen-bond acceptors (Lipinski definition) is 5. The molecule has 1 N–H and O–H groups in total. The van der Waals surface area contributed by atoms with Gasteiger partial charge in [-0.25, -0.2) is 0 Å².